The summed E-state index contributed by atoms with van der Waals surface area (Å²) >= 11 is 1.56. The maximum atomic E-state index is 5.56. The van der Waals surface area contributed by atoms with Gasteiger partial charge < -0.3 is 18.5 Å². The second kappa shape index (κ2) is 7.98. The van der Waals surface area contributed by atoms with Crippen molar-refractivity contribution >= 4 is 11.8 Å². The van der Waals surface area contributed by atoms with Crippen molar-refractivity contribution in [1.82, 2.24) is 19.7 Å². The summed E-state index contributed by atoms with van der Waals surface area (Å²) in [5.41, 5.74) is 1.77. The lowest BCUT2D eigenvalue weighted by molar-refractivity contribution is 0.184. The zero-order valence-corrected chi connectivity index (χ0v) is 14.3. The smallest absolute Gasteiger partial charge is 0.226 e. The van der Waals surface area contributed by atoms with Crippen LogP contribution in [0.2, 0.25) is 0 Å². The second-order valence-corrected chi connectivity index (χ2v) is 5.90. The molecule has 3 aromatic rings. The molecule has 7 nitrogen and oxygen atoms in total. The Morgan fingerprint density at radius 2 is 2.04 bits per heavy atom. The molecule has 0 atom stereocenters. The molecular formula is C16H18N4O3S. The van der Waals surface area contributed by atoms with Crippen LogP contribution in [0.1, 0.15) is 5.69 Å². The summed E-state index contributed by atoms with van der Waals surface area (Å²) in [6.07, 6.45) is 3.37. The summed E-state index contributed by atoms with van der Waals surface area (Å²) in [6.45, 7) is 1.35. The molecule has 0 saturated carbocycles. The third-order valence-corrected chi connectivity index (χ3v) is 4.37. The molecule has 0 aliphatic carbocycles. The molecule has 24 heavy (non-hydrogen) atoms. The number of hydrogen-bond donors (Lipinski definition) is 0. The second-order valence-electron chi connectivity index (χ2n) is 4.96. The van der Waals surface area contributed by atoms with Crippen molar-refractivity contribution in [3.8, 4) is 17.2 Å². The van der Waals surface area contributed by atoms with Crippen LogP contribution < -0.4 is 4.74 Å². The van der Waals surface area contributed by atoms with Crippen LogP contribution in [0.3, 0.4) is 0 Å². The maximum Gasteiger partial charge on any atom is 0.226 e. The highest BCUT2D eigenvalue weighted by atomic mass is 32.2. The highest BCUT2D eigenvalue weighted by molar-refractivity contribution is 7.98. The molecule has 2 aromatic heterocycles. The number of nitrogens with zero attached hydrogens (tertiary/aromatic N) is 4. The predicted molar refractivity (Wildman–Crippen MR) is 90.0 cm³/mol. The van der Waals surface area contributed by atoms with Crippen molar-refractivity contribution in [1.29, 1.82) is 0 Å². The highest BCUT2D eigenvalue weighted by Gasteiger charge is 2.10. The molecule has 2 heterocycles. The average molecular weight is 346 g/mol. The van der Waals surface area contributed by atoms with Crippen LogP contribution in [0.5, 0.6) is 5.75 Å². The number of oxazole rings is 1. The first kappa shape index (κ1) is 16.5. The van der Waals surface area contributed by atoms with Crippen LogP contribution in [-0.2, 0) is 17.0 Å². The Morgan fingerprint density at radius 1 is 1.21 bits per heavy atom. The SMILES string of the molecule is COCCn1cnnc1SCc1coc(-c2ccc(OC)cc2)n1. The van der Waals surface area contributed by atoms with Gasteiger partial charge >= 0.3 is 0 Å². The number of ether oxygens (including phenoxy) is 2. The van der Waals surface area contributed by atoms with Crippen molar-refractivity contribution in [2.45, 2.75) is 17.5 Å². The number of methoxy groups -OCH3 is 2. The highest BCUT2D eigenvalue weighted by Crippen LogP contribution is 2.25. The van der Waals surface area contributed by atoms with Crippen LogP contribution in [-0.4, -0.2) is 40.6 Å². The van der Waals surface area contributed by atoms with Gasteiger partial charge in [0, 0.05) is 25.0 Å². The number of aromatic nitrogens is 4. The molecule has 8 heteroatoms. The van der Waals surface area contributed by atoms with E-state index in [-0.39, 0.29) is 0 Å². The van der Waals surface area contributed by atoms with E-state index in [1.165, 1.54) is 0 Å². The van der Waals surface area contributed by atoms with Gasteiger partial charge in [0.1, 0.15) is 18.3 Å². The third kappa shape index (κ3) is 3.95. The molecule has 0 bridgehead atoms. The van der Waals surface area contributed by atoms with E-state index >= 15 is 0 Å². The van der Waals surface area contributed by atoms with Crippen LogP contribution in [0.4, 0.5) is 0 Å². The van der Waals surface area contributed by atoms with Crippen molar-refractivity contribution in [3.63, 3.8) is 0 Å². The van der Waals surface area contributed by atoms with E-state index in [9.17, 15) is 0 Å². The Bertz CT molecular complexity index is 770. The zero-order chi connectivity index (χ0) is 16.8. The normalized spacial score (nSPS) is 10.9. The van der Waals surface area contributed by atoms with E-state index in [2.05, 4.69) is 15.2 Å². The molecule has 0 radical (unpaired) electrons. The van der Waals surface area contributed by atoms with Crippen molar-refractivity contribution in [3.05, 3.63) is 42.5 Å². The van der Waals surface area contributed by atoms with E-state index in [1.54, 1.807) is 38.6 Å². The quantitative estimate of drug-likeness (QED) is 0.581. The Balaban J connectivity index is 1.63. The topological polar surface area (TPSA) is 75.2 Å². The zero-order valence-electron chi connectivity index (χ0n) is 13.5. The fraction of sp³-hybridized carbons (Fsp3) is 0.312. The van der Waals surface area contributed by atoms with E-state index in [0.29, 0.717) is 18.3 Å². The number of rotatable bonds is 8. The summed E-state index contributed by atoms with van der Waals surface area (Å²) in [5, 5.41) is 8.89. The third-order valence-electron chi connectivity index (χ3n) is 3.35. The summed E-state index contributed by atoms with van der Waals surface area (Å²) in [4.78, 5) is 4.52. The van der Waals surface area contributed by atoms with Gasteiger partial charge in [0.15, 0.2) is 5.16 Å². The largest absolute Gasteiger partial charge is 0.497 e. The molecule has 0 N–H and O–H groups in total. The van der Waals surface area contributed by atoms with Gasteiger partial charge in [-0.2, -0.15) is 0 Å². The standard InChI is InChI=1S/C16H18N4O3S/c1-21-8-7-20-11-17-19-16(20)24-10-13-9-23-15(18-13)12-3-5-14(22-2)6-4-12/h3-6,9,11H,7-8,10H2,1-2H3. The Hall–Kier alpha value is -2.32. The molecule has 0 amide bonds. The summed E-state index contributed by atoms with van der Waals surface area (Å²) in [6, 6.07) is 7.60. The van der Waals surface area contributed by atoms with Gasteiger partial charge in [-0.1, -0.05) is 11.8 Å². The fourth-order valence-electron chi connectivity index (χ4n) is 2.08. The van der Waals surface area contributed by atoms with Gasteiger partial charge in [0.2, 0.25) is 5.89 Å². The summed E-state index contributed by atoms with van der Waals surface area (Å²) in [7, 11) is 3.31. The predicted octanol–water partition coefficient (Wildman–Crippen LogP) is 2.88. The molecule has 1 aromatic carbocycles. The Labute approximate surface area is 144 Å². The maximum absolute atomic E-state index is 5.56. The lowest BCUT2D eigenvalue weighted by atomic mass is 10.2. The summed E-state index contributed by atoms with van der Waals surface area (Å²) in [5.74, 6) is 2.05. The Kier molecular flexibility index (Phi) is 5.50. The van der Waals surface area contributed by atoms with Gasteiger partial charge in [-0.15, -0.1) is 10.2 Å². The molecule has 3 rings (SSSR count). The minimum atomic E-state index is 0.592. The fourth-order valence-corrected chi connectivity index (χ4v) is 2.90. The lowest BCUT2D eigenvalue weighted by Gasteiger charge is -2.03. The van der Waals surface area contributed by atoms with Crippen LogP contribution in [0.25, 0.3) is 11.5 Å². The number of hydrogen-bond acceptors (Lipinski definition) is 7. The van der Waals surface area contributed by atoms with E-state index < -0.39 is 0 Å². The average Bonchev–Trinajstić information content (AvgIpc) is 3.27. The minimum absolute atomic E-state index is 0.592. The molecule has 0 aliphatic heterocycles. The first-order chi connectivity index (χ1) is 11.8. The van der Waals surface area contributed by atoms with Gasteiger partial charge in [0.05, 0.1) is 19.4 Å². The van der Waals surface area contributed by atoms with Crippen LogP contribution >= 0.6 is 11.8 Å². The number of thioether (sulfide) groups is 1. The molecule has 126 valence electrons. The van der Waals surface area contributed by atoms with Gasteiger partial charge in [-0.05, 0) is 24.3 Å². The van der Waals surface area contributed by atoms with E-state index in [4.69, 9.17) is 13.9 Å². The lowest BCUT2D eigenvalue weighted by Crippen LogP contribution is -2.04. The first-order valence-corrected chi connectivity index (χ1v) is 8.37. The molecule has 0 spiro atoms. The Morgan fingerprint density at radius 3 is 2.79 bits per heavy atom. The van der Waals surface area contributed by atoms with Crippen LogP contribution in [0, 0.1) is 0 Å². The van der Waals surface area contributed by atoms with Crippen LogP contribution in [0.15, 0.2) is 46.4 Å². The van der Waals surface area contributed by atoms with E-state index in [1.807, 2.05) is 28.8 Å². The number of benzene rings is 1. The minimum Gasteiger partial charge on any atom is -0.497 e. The monoisotopic (exact) mass is 346 g/mol. The summed E-state index contributed by atoms with van der Waals surface area (Å²) < 4.78 is 17.7. The molecule has 0 aliphatic rings. The molecule has 0 fully saturated rings. The van der Waals surface area contributed by atoms with Crippen molar-refractivity contribution < 1.29 is 13.9 Å². The molecule has 0 unspecified atom stereocenters. The first-order valence-electron chi connectivity index (χ1n) is 7.38. The van der Waals surface area contributed by atoms with Gasteiger partial charge in [-0.3, -0.25) is 0 Å². The van der Waals surface area contributed by atoms with Gasteiger partial charge in [-0.25, -0.2) is 4.98 Å². The van der Waals surface area contributed by atoms with Crippen molar-refractivity contribution in [2.75, 3.05) is 20.8 Å². The van der Waals surface area contributed by atoms with Gasteiger partial charge in [0.25, 0.3) is 0 Å². The van der Waals surface area contributed by atoms with E-state index in [0.717, 1.165) is 28.7 Å². The molecule has 0 saturated heterocycles. The molecular weight excluding hydrogens is 328 g/mol. The van der Waals surface area contributed by atoms with Crippen molar-refractivity contribution in [2.24, 2.45) is 0 Å².